The van der Waals surface area contributed by atoms with Crippen LogP contribution in [0.2, 0.25) is 0 Å². The molecule has 0 radical (unpaired) electrons. The Morgan fingerprint density at radius 2 is 1.90 bits per heavy atom. The Bertz CT molecular complexity index is 709. The molecule has 8 nitrogen and oxygen atoms in total. The molecule has 0 aliphatic rings. The minimum atomic E-state index is -0.503. The quantitative estimate of drug-likeness (QED) is 0.316. The van der Waals surface area contributed by atoms with Crippen LogP contribution in [0.4, 0.5) is 4.79 Å². The van der Waals surface area contributed by atoms with Gasteiger partial charge in [0.05, 0.1) is 5.69 Å². The number of carbonyl (C=O) groups excluding carboxylic acids is 1. The molecule has 1 heterocycles. The van der Waals surface area contributed by atoms with Gasteiger partial charge in [-0.15, -0.1) is 24.0 Å². The smallest absolute Gasteiger partial charge is 0.407 e. The highest BCUT2D eigenvalue weighted by Crippen LogP contribution is 2.13. The maximum Gasteiger partial charge on any atom is 0.407 e. The fourth-order valence-electron chi connectivity index (χ4n) is 3.10. The molecular weight excluding hydrogens is 495 g/mol. The molecule has 0 saturated heterocycles. The molecular formula is C21H41IN6O2. The normalized spacial score (nSPS) is 13.0. The molecule has 2 N–H and O–H groups in total. The molecule has 1 atom stereocenters. The fourth-order valence-corrected chi connectivity index (χ4v) is 3.10. The van der Waals surface area contributed by atoms with Gasteiger partial charge in [0.25, 0.3) is 0 Å². The number of hydrogen-bond donors (Lipinski definition) is 2. The fraction of sp³-hybridized carbons (Fsp3) is 0.762. The third-order valence-corrected chi connectivity index (χ3v) is 4.94. The minimum absolute atomic E-state index is 0. The van der Waals surface area contributed by atoms with Crippen molar-refractivity contribution in [2.45, 2.75) is 73.1 Å². The van der Waals surface area contributed by atoms with Gasteiger partial charge in [-0.25, -0.2) is 4.79 Å². The number of aliphatic imine (C=N–C) groups is 1. The summed E-state index contributed by atoms with van der Waals surface area (Å²) >= 11 is 0. The maximum absolute atomic E-state index is 12.1. The second-order valence-corrected chi connectivity index (χ2v) is 8.88. The van der Waals surface area contributed by atoms with E-state index in [0.29, 0.717) is 12.5 Å². The Labute approximate surface area is 199 Å². The van der Waals surface area contributed by atoms with Crippen molar-refractivity contribution in [3.8, 4) is 0 Å². The van der Waals surface area contributed by atoms with Crippen LogP contribution in [-0.2, 0) is 18.3 Å². The summed E-state index contributed by atoms with van der Waals surface area (Å²) in [5.41, 5.74) is 2.86. The molecule has 0 saturated carbocycles. The van der Waals surface area contributed by atoms with E-state index in [9.17, 15) is 4.79 Å². The second-order valence-electron chi connectivity index (χ2n) is 8.88. The van der Waals surface area contributed by atoms with Gasteiger partial charge in [-0.05, 0) is 47.0 Å². The van der Waals surface area contributed by atoms with E-state index >= 15 is 0 Å². The SMILES string of the molecule is CN=C(NCc1c(C)nn(C)c1C)N(C)CCC(NC(=O)OC(C)(C)C)C(C)C.I. The third-order valence-electron chi connectivity index (χ3n) is 4.94. The number of guanidine groups is 1. The zero-order valence-corrected chi connectivity index (χ0v) is 22.6. The average molecular weight is 537 g/mol. The molecule has 1 aromatic heterocycles. The number of halogens is 1. The Hall–Kier alpha value is -1.52. The van der Waals surface area contributed by atoms with E-state index in [2.05, 4.69) is 46.4 Å². The van der Waals surface area contributed by atoms with Crippen LogP contribution in [0.25, 0.3) is 0 Å². The third kappa shape index (κ3) is 9.09. The van der Waals surface area contributed by atoms with Crippen LogP contribution in [0, 0.1) is 19.8 Å². The summed E-state index contributed by atoms with van der Waals surface area (Å²) < 4.78 is 7.30. The molecule has 1 amide bonds. The first kappa shape index (κ1) is 28.5. The molecule has 0 bridgehead atoms. The Balaban J connectivity index is 0.00000841. The Kier molecular flexibility index (Phi) is 11.7. The maximum atomic E-state index is 12.1. The van der Waals surface area contributed by atoms with Gasteiger partial charge in [-0.3, -0.25) is 9.67 Å². The van der Waals surface area contributed by atoms with Crippen molar-refractivity contribution in [1.29, 1.82) is 0 Å². The highest BCUT2D eigenvalue weighted by molar-refractivity contribution is 14.0. The molecule has 1 unspecified atom stereocenters. The molecule has 0 aliphatic heterocycles. The first-order chi connectivity index (χ1) is 13.4. The zero-order valence-electron chi connectivity index (χ0n) is 20.3. The predicted molar refractivity (Wildman–Crippen MR) is 134 cm³/mol. The highest BCUT2D eigenvalue weighted by Gasteiger charge is 2.22. The van der Waals surface area contributed by atoms with E-state index < -0.39 is 5.60 Å². The Morgan fingerprint density at radius 1 is 1.30 bits per heavy atom. The molecule has 0 spiro atoms. The van der Waals surface area contributed by atoms with Crippen LogP contribution >= 0.6 is 24.0 Å². The van der Waals surface area contributed by atoms with Crippen molar-refractivity contribution < 1.29 is 9.53 Å². The van der Waals surface area contributed by atoms with Gasteiger partial charge in [0.15, 0.2) is 5.96 Å². The van der Waals surface area contributed by atoms with E-state index in [1.807, 2.05) is 46.5 Å². The first-order valence-electron chi connectivity index (χ1n) is 10.3. The average Bonchev–Trinajstić information content (AvgIpc) is 2.82. The van der Waals surface area contributed by atoms with E-state index in [0.717, 1.165) is 30.3 Å². The van der Waals surface area contributed by atoms with Gasteiger partial charge >= 0.3 is 6.09 Å². The number of nitrogens with one attached hydrogen (secondary N) is 2. The van der Waals surface area contributed by atoms with Gasteiger partial charge < -0.3 is 20.3 Å². The molecule has 30 heavy (non-hydrogen) atoms. The topological polar surface area (TPSA) is 83.8 Å². The summed E-state index contributed by atoms with van der Waals surface area (Å²) in [4.78, 5) is 18.6. The van der Waals surface area contributed by atoms with E-state index in [4.69, 9.17) is 4.74 Å². The number of aromatic nitrogens is 2. The summed E-state index contributed by atoms with van der Waals surface area (Å²) in [6.07, 6.45) is 0.419. The largest absolute Gasteiger partial charge is 0.444 e. The number of aryl methyl sites for hydroxylation is 2. The zero-order chi connectivity index (χ0) is 22.4. The van der Waals surface area contributed by atoms with Gasteiger partial charge in [0, 0.05) is 51.5 Å². The lowest BCUT2D eigenvalue weighted by Gasteiger charge is -2.28. The highest BCUT2D eigenvalue weighted by atomic mass is 127. The molecule has 174 valence electrons. The lowest BCUT2D eigenvalue weighted by atomic mass is 10.0. The number of nitrogens with zero attached hydrogens (tertiary/aromatic N) is 4. The molecule has 9 heteroatoms. The van der Waals surface area contributed by atoms with Crippen LogP contribution in [0.1, 0.15) is 58.0 Å². The van der Waals surface area contributed by atoms with Crippen molar-refractivity contribution in [3.05, 3.63) is 17.0 Å². The van der Waals surface area contributed by atoms with Crippen molar-refractivity contribution in [3.63, 3.8) is 0 Å². The summed E-state index contributed by atoms with van der Waals surface area (Å²) in [5.74, 6) is 1.11. The molecule has 0 fully saturated rings. The number of hydrogen-bond acceptors (Lipinski definition) is 4. The molecule has 1 rings (SSSR count). The van der Waals surface area contributed by atoms with Gasteiger partial charge in [0.1, 0.15) is 5.60 Å². The number of rotatable bonds is 7. The van der Waals surface area contributed by atoms with Crippen LogP contribution in [0.5, 0.6) is 0 Å². The van der Waals surface area contributed by atoms with E-state index in [-0.39, 0.29) is 36.1 Å². The van der Waals surface area contributed by atoms with Crippen LogP contribution in [0.3, 0.4) is 0 Å². The van der Waals surface area contributed by atoms with Crippen LogP contribution in [-0.4, -0.2) is 59.0 Å². The summed E-state index contributed by atoms with van der Waals surface area (Å²) in [7, 11) is 5.74. The number of carbonyl (C=O) groups is 1. The van der Waals surface area contributed by atoms with Crippen molar-refractivity contribution in [2.24, 2.45) is 18.0 Å². The van der Waals surface area contributed by atoms with Crippen molar-refractivity contribution in [2.75, 3.05) is 20.6 Å². The van der Waals surface area contributed by atoms with E-state index in [1.165, 1.54) is 5.56 Å². The predicted octanol–water partition coefficient (Wildman–Crippen LogP) is 3.60. The number of ether oxygens (including phenoxy) is 1. The first-order valence-corrected chi connectivity index (χ1v) is 10.3. The molecule has 1 aromatic rings. The van der Waals surface area contributed by atoms with Gasteiger partial charge in [0.2, 0.25) is 0 Å². The lowest BCUT2D eigenvalue weighted by Crippen LogP contribution is -2.45. The molecule has 0 aliphatic carbocycles. The summed E-state index contributed by atoms with van der Waals surface area (Å²) in [6, 6.07) is 0.0215. The van der Waals surface area contributed by atoms with E-state index in [1.54, 1.807) is 7.05 Å². The van der Waals surface area contributed by atoms with Gasteiger partial charge in [-0.1, -0.05) is 13.8 Å². The Morgan fingerprint density at radius 3 is 2.33 bits per heavy atom. The van der Waals surface area contributed by atoms with Crippen molar-refractivity contribution >= 4 is 36.0 Å². The van der Waals surface area contributed by atoms with Gasteiger partial charge in [-0.2, -0.15) is 5.10 Å². The summed E-state index contributed by atoms with van der Waals surface area (Å²) in [6.45, 7) is 15.3. The standard InChI is InChI=1S/C21H40N6O2.HI/c1-14(2)18(24-20(28)29-21(5,6)7)11-12-26(9)19(22-8)23-13-17-15(3)25-27(10)16(17)4;/h14,18H,11-13H2,1-10H3,(H,22,23)(H,24,28);1H. The summed E-state index contributed by atoms with van der Waals surface area (Å²) in [5, 5.41) is 10.9. The monoisotopic (exact) mass is 536 g/mol. The molecule has 0 aromatic carbocycles. The number of alkyl carbamates (subject to hydrolysis) is 1. The van der Waals surface area contributed by atoms with Crippen molar-refractivity contribution in [1.82, 2.24) is 25.3 Å². The van der Waals surface area contributed by atoms with Crippen LogP contribution < -0.4 is 10.6 Å². The number of amides is 1. The van der Waals surface area contributed by atoms with Crippen LogP contribution in [0.15, 0.2) is 4.99 Å². The second kappa shape index (κ2) is 12.4. The lowest BCUT2D eigenvalue weighted by molar-refractivity contribution is 0.0486. The minimum Gasteiger partial charge on any atom is -0.444 e.